The van der Waals surface area contributed by atoms with Crippen molar-refractivity contribution in [2.45, 2.75) is 6.10 Å². The van der Waals surface area contributed by atoms with Crippen LogP contribution in [0.5, 0.6) is 0 Å². The molecule has 0 bridgehead atoms. The molecule has 0 aromatic carbocycles. The number of hydrogen-bond acceptors (Lipinski definition) is 3. The monoisotopic (exact) mass is 91.0 g/mol. The smallest absolute Gasteiger partial charge is 0.111 e. The van der Waals surface area contributed by atoms with Gasteiger partial charge < -0.3 is 15.3 Å². The summed E-state index contributed by atoms with van der Waals surface area (Å²) in [4.78, 5) is 0. The molecule has 0 saturated carbocycles. The first kappa shape index (κ1) is 5.88. The lowest BCUT2D eigenvalue weighted by molar-refractivity contribution is 0.0812. The molecule has 3 nitrogen and oxygen atoms in total. The van der Waals surface area contributed by atoms with Gasteiger partial charge in [0.2, 0.25) is 0 Å². The molecule has 37 valence electrons. The zero-order chi connectivity index (χ0) is 4.99. The number of aliphatic hydroxyl groups is 3. The van der Waals surface area contributed by atoms with Crippen LogP contribution in [0.3, 0.4) is 0 Å². The molecule has 3 heteroatoms. The average molecular weight is 91.1 g/mol. The van der Waals surface area contributed by atoms with Crippen molar-refractivity contribution in [3.8, 4) is 0 Å². The molecule has 1 unspecified atom stereocenters. The number of aliphatic hydroxyl groups excluding tert-OH is 3. The minimum atomic E-state index is -1.08. The maximum absolute atomic E-state index is 8.11. The van der Waals surface area contributed by atoms with Crippen LogP contribution in [0.15, 0.2) is 0 Å². The number of hydrogen-bond donors (Lipinski definition) is 3. The Hall–Kier alpha value is -0.120. The Morgan fingerprint density at radius 1 is 1.67 bits per heavy atom. The minimum absolute atomic E-state index is 0.420. The first-order chi connectivity index (χ1) is 2.81. The van der Waals surface area contributed by atoms with Crippen molar-refractivity contribution in [2.24, 2.45) is 0 Å². The molecular weight excluding hydrogens is 84.0 g/mol. The molecule has 6 heavy (non-hydrogen) atoms. The third-order valence-electron chi connectivity index (χ3n) is 0.359. The van der Waals surface area contributed by atoms with Gasteiger partial charge in [-0.15, -0.1) is 0 Å². The van der Waals surface area contributed by atoms with Crippen molar-refractivity contribution in [2.75, 3.05) is 6.61 Å². The van der Waals surface area contributed by atoms with Gasteiger partial charge >= 0.3 is 0 Å². The van der Waals surface area contributed by atoms with Crippen LogP contribution < -0.4 is 0 Å². The molecule has 0 amide bonds. The Kier molecular flexibility index (Phi) is 3.02. The molecular formula is C3H7O3. The Morgan fingerprint density at radius 3 is 2.17 bits per heavy atom. The summed E-state index contributed by atoms with van der Waals surface area (Å²) in [7, 11) is 0. The highest BCUT2D eigenvalue weighted by molar-refractivity contribution is 4.58. The first-order valence-corrected chi connectivity index (χ1v) is 1.57. The van der Waals surface area contributed by atoms with E-state index in [9.17, 15) is 0 Å². The van der Waals surface area contributed by atoms with Gasteiger partial charge in [0.1, 0.15) is 12.7 Å². The molecule has 0 saturated heterocycles. The summed E-state index contributed by atoms with van der Waals surface area (Å²) < 4.78 is 0. The predicted octanol–water partition coefficient (Wildman–Crippen LogP) is -1.13. The molecule has 0 aromatic heterocycles. The van der Waals surface area contributed by atoms with Gasteiger partial charge in [0.25, 0.3) is 0 Å². The van der Waals surface area contributed by atoms with Gasteiger partial charge in [0.05, 0.1) is 6.61 Å². The molecule has 1 radical (unpaired) electrons. The first-order valence-electron chi connectivity index (χ1n) is 1.57. The van der Waals surface area contributed by atoms with Gasteiger partial charge in [-0.3, -0.25) is 0 Å². The summed E-state index contributed by atoms with van der Waals surface area (Å²) >= 11 is 0. The van der Waals surface area contributed by atoms with Crippen molar-refractivity contribution in [1.82, 2.24) is 0 Å². The van der Waals surface area contributed by atoms with Crippen molar-refractivity contribution in [1.29, 1.82) is 0 Å². The average Bonchev–Trinajstić information content (AvgIpc) is 1.65. The largest absolute Gasteiger partial charge is 0.394 e. The van der Waals surface area contributed by atoms with E-state index in [0.717, 1.165) is 0 Å². The van der Waals surface area contributed by atoms with Crippen LogP contribution in [0.25, 0.3) is 0 Å². The Labute approximate surface area is 35.9 Å². The summed E-state index contributed by atoms with van der Waals surface area (Å²) in [6.45, 7) is 0.108. The second-order valence-corrected chi connectivity index (χ2v) is 0.899. The zero-order valence-corrected chi connectivity index (χ0v) is 3.20. The van der Waals surface area contributed by atoms with Crippen LogP contribution >= 0.6 is 0 Å². The predicted molar refractivity (Wildman–Crippen MR) is 19.3 cm³/mol. The highest BCUT2D eigenvalue weighted by atomic mass is 16.3. The highest BCUT2D eigenvalue weighted by Crippen LogP contribution is 1.78. The van der Waals surface area contributed by atoms with Crippen LogP contribution in [0.2, 0.25) is 0 Å². The van der Waals surface area contributed by atoms with Crippen LogP contribution in [0.4, 0.5) is 0 Å². The van der Waals surface area contributed by atoms with E-state index in [1.54, 1.807) is 0 Å². The summed E-state index contributed by atoms with van der Waals surface area (Å²) in [5, 5.41) is 23.8. The van der Waals surface area contributed by atoms with E-state index in [4.69, 9.17) is 15.3 Å². The van der Waals surface area contributed by atoms with Crippen molar-refractivity contribution < 1.29 is 15.3 Å². The molecule has 0 aliphatic heterocycles. The van der Waals surface area contributed by atoms with Gasteiger partial charge in [0, 0.05) is 0 Å². The zero-order valence-electron chi connectivity index (χ0n) is 3.20. The standard InChI is InChI=1S/C3H7O3/c4-1-3(6)2-5/h1,3-6H,2H2. The SMILES string of the molecule is O[CH]C(O)CO. The maximum Gasteiger partial charge on any atom is 0.111 e. The second kappa shape index (κ2) is 3.08. The molecule has 0 rings (SSSR count). The Balaban J connectivity index is 2.75. The fraction of sp³-hybridized carbons (Fsp3) is 0.667. The van der Waals surface area contributed by atoms with E-state index >= 15 is 0 Å². The molecule has 0 aliphatic rings. The topological polar surface area (TPSA) is 60.7 Å². The summed E-state index contributed by atoms with van der Waals surface area (Å²) in [5.74, 6) is 0. The minimum Gasteiger partial charge on any atom is -0.394 e. The van der Waals surface area contributed by atoms with E-state index in [-0.39, 0.29) is 0 Å². The Bertz CT molecular complexity index is 25.2. The highest BCUT2D eigenvalue weighted by Gasteiger charge is 1.94. The van der Waals surface area contributed by atoms with Gasteiger partial charge in [0.15, 0.2) is 0 Å². The quantitative estimate of drug-likeness (QED) is 0.403. The van der Waals surface area contributed by atoms with Crippen molar-refractivity contribution in [3.63, 3.8) is 0 Å². The maximum atomic E-state index is 8.11. The van der Waals surface area contributed by atoms with Crippen LogP contribution in [-0.2, 0) is 0 Å². The van der Waals surface area contributed by atoms with E-state index in [1.165, 1.54) is 0 Å². The number of rotatable bonds is 2. The summed E-state index contributed by atoms with van der Waals surface area (Å²) in [6, 6.07) is 0. The summed E-state index contributed by atoms with van der Waals surface area (Å²) in [5.41, 5.74) is 0. The summed E-state index contributed by atoms with van der Waals surface area (Å²) in [6.07, 6.45) is -1.08. The van der Waals surface area contributed by atoms with E-state index in [0.29, 0.717) is 6.61 Å². The van der Waals surface area contributed by atoms with Crippen LogP contribution in [0, 0.1) is 6.61 Å². The normalized spacial score (nSPS) is 10.0. The van der Waals surface area contributed by atoms with Crippen LogP contribution in [-0.4, -0.2) is 28.0 Å². The van der Waals surface area contributed by atoms with Crippen LogP contribution in [0.1, 0.15) is 0 Å². The lowest BCUT2D eigenvalue weighted by Crippen LogP contribution is -2.11. The van der Waals surface area contributed by atoms with Gasteiger partial charge in [-0.25, -0.2) is 0 Å². The van der Waals surface area contributed by atoms with E-state index in [1.807, 2.05) is 0 Å². The van der Waals surface area contributed by atoms with Gasteiger partial charge in [-0.1, -0.05) is 0 Å². The molecule has 1 atom stereocenters. The van der Waals surface area contributed by atoms with Gasteiger partial charge in [-0.2, -0.15) is 0 Å². The van der Waals surface area contributed by atoms with Gasteiger partial charge in [-0.05, 0) is 0 Å². The van der Waals surface area contributed by atoms with Crippen molar-refractivity contribution >= 4 is 0 Å². The Morgan fingerprint density at radius 2 is 2.17 bits per heavy atom. The fourth-order valence-corrected chi connectivity index (χ4v) is 0.0471. The molecule has 0 spiro atoms. The third-order valence-corrected chi connectivity index (χ3v) is 0.359. The van der Waals surface area contributed by atoms with E-state index < -0.39 is 12.7 Å². The third kappa shape index (κ3) is 2.14. The molecule has 0 aromatic rings. The lowest BCUT2D eigenvalue weighted by atomic mass is 10.4. The molecule has 0 fully saturated rings. The molecule has 3 N–H and O–H groups in total. The second-order valence-electron chi connectivity index (χ2n) is 0.899. The molecule has 0 aliphatic carbocycles. The lowest BCUT2D eigenvalue weighted by Gasteiger charge is -1.95. The van der Waals surface area contributed by atoms with Crippen molar-refractivity contribution in [3.05, 3.63) is 6.61 Å². The fourth-order valence-electron chi connectivity index (χ4n) is 0.0471. The van der Waals surface area contributed by atoms with E-state index in [2.05, 4.69) is 0 Å². The molecule has 0 heterocycles.